The fourth-order valence-corrected chi connectivity index (χ4v) is 2.67. The second-order valence-corrected chi connectivity index (χ2v) is 6.32. The molecule has 1 heterocycles. The van der Waals surface area contributed by atoms with E-state index in [1.165, 1.54) is 4.68 Å². The minimum Gasteiger partial charge on any atom is -0.497 e. The minimum atomic E-state index is -0.132. The number of nitrogens with zero attached hydrogens (tertiary/aromatic N) is 3. The molecule has 1 aromatic heterocycles. The van der Waals surface area contributed by atoms with Crippen molar-refractivity contribution in [1.82, 2.24) is 14.8 Å². The van der Waals surface area contributed by atoms with Crippen molar-refractivity contribution in [3.8, 4) is 11.5 Å². The average Bonchev–Trinajstić information content (AvgIpc) is 3.19. The SMILES string of the molecule is CCC(=O)n1nc(NCc2ccc(OC)cc2)nc1NCc1ccc(OC)cc1. The first-order valence-electron chi connectivity index (χ1n) is 9.36. The van der Waals surface area contributed by atoms with E-state index in [-0.39, 0.29) is 5.91 Å². The molecule has 8 nitrogen and oxygen atoms in total. The highest BCUT2D eigenvalue weighted by Crippen LogP contribution is 2.16. The zero-order valence-electron chi connectivity index (χ0n) is 16.8. The quantitative estimate of drug-likeness (QED) is 0.572. The van der Waals surface area contributed by atoms with Crippen LogP contribution < -0.4 is 20.1 Å². The van der Waals surface area contributed by atoms with Crippen LogP contribution >= 0.6 is 0 Å². The molecule has 0 aliphatic carbocycles. The number of aromatic nitrogens is 3. The smallest absolute Gasteiger partial charge is 0.249 e. The first-order valence-corrected chi connectivity index (χ1v) is 9.36. The van der Waals surface area contributed by atoms with Crippen LogP contribution in [0.1, 0.15) is 29.3 Å². The molecule has 3 aromatic rings. The summed E-state index contributed by atoms with van der Waals surface area (Å²) in [7, 11) is 3.27. The van der Waals surface area contributed by atoms with Gasteiger partial charge >= 0.3 is 0 Å². The molecule has 152 valence electrons. The van der Waals surface area contributed by atoms with Crippen molar-refractivity contribution in [2.75, 3.05) is 24.9 Å². The lowest BCUT2D eigenvalue weighted by molar-refractivity contribution is 0.0895. The maximum atomic E-state index is 12.2. The summed E-state index contributed by atoms with van der Waals surface area (Å²) in [5.74, 6) is 2.26. The second-order valence-electron chi connectivity index (χ2n) is 6.32. The lowest BCUT2D eigenvalue weighted by Crippen LogP contribution is -2.15. The Morgan fingerprint density at radius 1 is 0.897 bits per heavy atom. The van der Waals surface area contributed by atoms with Gasteiger partial charge in [-0.25, -0.2) is 0 Å². The Morgan fingerprint density at radius 3 is 1.90 bits per heavy atom. The minimum absolute atomic E-state index is 0.132. The molecular formula is C21H25N5O3. The monoisotopic (exact) mass is 395 g/mol. The summed E-state index contributed by atoms with van der Waals surface area (Å²) < 4.78 is 11.6. The molecule has 0 unspecified atom stereocenters. The Morgan fingerprint density at radius 2 is 1.41 bits per heavy atom. The molecule has 0 atom stereocenters. The molecule has 0 fully saturated rings. The Hall–Kier alpha value is -3.55. The normalized spacial score (nSPS) is 10.4. The van der Waals surface area contributed by atoms with Gasteiger partial charge in [-0.3, -0.25) is 4.79 Å². The van der Waals surface area contributed by atoms with Gasteiger partial charge in [0.25, 0.3) is 0 Å². The molecule has 0 aliphatic rings. The molecule has 8 heteroatoms. The van der Waals surface area contributed by atoms with Crippen molar-refractivity contribution in [3.63, 3.8) is 0 Å². The summed E-state index contributed by atoms with van der Waals surface area (Å²) in [6, 6.07) is 15.4. The van der Waals surface area contributed by atoms with Crippen LogP contribution in [0.15, 0.2) is 48.5 Å². The van der Waals surface area contributed by atoms with Crippen LogP contribution in [-0.2, 0) is 13.1 Å². The summed E-state index contributed by atoms with van der Waals surface area (Å²) in [6.45, 7) is 2.84. The fraction of sp³-hybridized carbons (Fsp3) is 0.286. The average molecular weight is 395 g/mol. The van der Waals surface area contributed by atoms with Crippen molar-refractivity contribution in [2.45, 2.75) is 26.4 Å². The van der Waals surface area contributed by atoms with Crippen molar-refractivity contribution >= 4 is 17.8 Å². The predicted octanol–water partition coefficient (Wildman–Crippen LogP) is 3.57. The molecule has 0 amide bonds. The van der Waals surface area contributed by atoms with Gasteiger partial charge in [-0.2, -0.15) is 9.67 Å². The van der Waals surface area contributed by atoms with Crippen LogP contribution in [-0.4, -0.2) is 34.9 Å². The first kappa shape index (κ1) is 20.2. The maximum absolute atomic E-state index is 12.2. The van der Waals surface area contributed by atoms with E-state index in [0.29, 0.717) is 31.4 Å². The number of nitrogens with one attached hydrogen (secondary N) is 2. The summed E-state index contributed by atoms with van der Waals surface area (Å²) in [5.41, 5.74) is 2.09. The standard InChI is InChI=1S/C21H25N5O3/c1-4-19(27)26-21(23-14-16-7-11-18(29-3)12-8-16)24-20(25-26)22-13-15-5-9-17(28-2)10-6-15/h5-12H,4,13-14H2,1-3H3,(H2,22,23,24,25). The number of hydrogen-bond acceptors (Lipinski definition) is 7. The van der Waals surface area contributed by atoms with Crippen LogP contribution in [0.25, 0.3) is 0 Å². The van der Waals surface area contributed by atoms with E-state index in [9.17, 15) is 4.79 Å². The van der Waals surface area contributed by atoms with Gasteiger partial charge < -0.3 is 20.1 Å². The van der Waals surface area contributed by atoms with E-state index in [1.54, 1.807) is 21.1 Å². The number of rotatable bonds is 9. The zero-order chi connectivity index (χ0) is 20.6. The Labute approximate surface area is 169 Å². The molecule has 0 aliphatic heterocycles. The number of carbonyl (C=O) groups is 1. The highest BCUT2D eigenvalue weighted by atomic mass is 16.5. The van der Waals surface area contributed by atoms with E-state index < -0.39 is 0 Å². The predicted molar refractivity (Wildman–Crippen MR) is 112 cm³/mol. The molecule has 0 bridgehead atoms. The van der Waals surface area contributed by atoms with Gasteiger partial charge in [0.05, 0.1) is 14.2 Å². The van der Waals surface area contributed by atoms with Gasteiger partial charge in [0, 0.05) is 19.5 Å². The number of hydrogen-bond donors (Lipinski definition) is 2. The van der Waals surface area contributed by atoms with Crippen LogP contribution in [0.2, 0.25) is 0 Å². The van der Waals surface area contributed by atoms with Crippen LogP contribution in [0.3, 0.4) is 0 Å². The van der Waals surface area contributed by atoms with Crippen LogP contribution in [0.5, 0.6) is 11.5 Å². The highest BCUT2D eigenvalue weighted by molar-refractivity contribution is 5.80. The number of methoxy groups -OCH3 is 2. The fourth-order valence-electron chi connectivity index (χ4n) is 2.67. The van der Waals surface area contributed by atoms with Crippen LogP contribution in [0.4, 0.5) is 11.9 Å². The van der Waals surface area contributed by atoms with Gasteiger partial charge in [0.2, 0.25) is 17.8 Å². The van der Waals surface area contributed by atoms with E-state index in [1.807, 2.05) is 48.5 Å². The van der Waals surface area contributed by atoms with Crippen molar-refractivity contribution in [3.05, 3.63) is 59.7 Å². The number of anilines is 2. The van der Waals surface area contributed by atoms with E-state index in [2.05, 4.69) is 20.7 Å². The molecule has 29 heavy (non-hydrogen) atoms. The van der Waals surface area contributed by atoms with Crippen molar-refractivity contribution in [2.24, 2.45) is 0 Å². The second kappa shape index (κ2) is 9.59. The topological polar surface area (TPSA) is 90.3 Å². The van der Waals surface area contributed by atoms with Gasteiger partial charge in [-0.1, -0.05) is 31.2 Å². The third kappa shape index (κ3) is 5.25. The van der Waals surface area contributed by atoms with Crippen LogP contribution in [0, 0.1) is 0 Å². The summed E-state index contributed by atoms with van der Waals surface area (Å²) in [4.78, 5) is 16.7. The molecule has 0 saturated heterocycles. The Kier molecular flexibility index (Phi) is 6.67. The Bertz CT molecular complexity index is 936. The summed E-state index contributed by atoms with van der Waals surface area (Å²) in [5, 5.41) is 10.7. The number of ether oxygens (including phenoxy) is 2. The summed E-state index contributed by atoms with van der Waals surface area (Å²) in [6.07, 6.45) is 0.332. The molecular weight excluding hydrogens is 370 g/mol. The summed E-state index contributed by atoms with van der Waals surface area (Å²) >= 11 is 0. The zero-order valence-corrected chi connectivity index (χ0v) is 16.8. The lowest BCUT2D eigenvalue weighted by atomic mass is 10.2. The third-order valence-corrected chi connectivity index (χ3v) is 4.37. The first-order chi connectivity index (χ1) is 14.1. The van der Waals surface area contributed by atoms with Gasteiger partial charge in [0.15, 0.2) is 0 Å². The molecule has 3 rings (SSSR count). The van der Waals surface area contributed by atoms with Crippen molar-refractivity contribution < 1.29 is 14.3 Å². The van der Waals surface area contributed by atoms with Gasteiger partial charge in [0.1, 0.15) is 11.5 Å². The van der Waals surface area contributed by atoms with E-state index in [4.69, 9.17) is 9.47 Å². The van der Waals surface area contributed by atoms with Gasteiger partial charge in [-0.05, 0) is 35.4 Å². The lowest BCUT2D eigenvalue weighted by Gasteiger charge is -2.07. The van der Waals surface area contributed by atoms with Crippen molar-refractivity contribution in [1.29, 1.82) is 0 Å². The molecule has 0 radical (unpaired) electrons. The largest absolute Gasteiger partial charge is 0.497 e. The highest BCUT2D eigenvalue weighted by Gasteiger charge is 2.14. The molecule has 2 N–H and O–H groups in total. The number of carbonyl (C=O) groups excluding carboxylic acids is 1. The third-order valence-electron chi connectivity index (χ3n) is 4.37. The maximum Gasteiger partial charge on any atom is 0.249 e. The van der Waals surface area contributed by atoms with E-state index >= 15 is 0 Å². The number of benzene rings is 2. The molecule has 0 spiro atoms. The van der Waals surface area contributed by atoms with Gasteiger partial charge in [-0.15, -0.1) is 5.10 Å². The van der Waals surface area contributed by atoms with E-state index in [0.717, 1.165) is 22.6 Å². The Balaban J connectivity index is 1.68. The molecule has 2 aromatic carbocycles. The molecule has 0 saturated carbocycles.